The van der Waals surface area contributed by atoms with Crippen LogP contribution >= 0.6 is 15.9 Å². The smallest absolute Gasteiger partial charge is 0.108 e. The van der Waals surface area contributed by atoms with Gasteiger partial charge in [-0.25, -0.2) is 0 Å². The lowest BCUT2D eigenvalue weighted by Crippen LogP contribution is -2.35. The number of halogens is 1. The van der Waals surface area contributed by atoms with Gasteiger partial charge in [-0.05, 0) is 23.3 Å². The fraction of sp³-hybridized carbons (Fsp3) is 0.294. The molecule has 0 fully saturated rings. The van der Waals surface area contributed by atoms with Crippen molar-refractivity contribution in [1.29, 1.82) is 0 Å². The predicted molar refractivity (Wildman–Crippen MR) is 88.7 cm³/mol. The maximum atomic E-state index is 11.7. The molecule has 0 saturated heterocycles. The second-order valence-corrected chi connectivity index (χ2v) is 6.43. The Morgan fingerprint density at radius 2 is 1.57 bits per heavy atom. The molecule has 3 nitrogen and oxygen atoms in total. The average Bonchev–Trinajstić information content (AvgIpc) is 2.45. The maximum absolute atomic E-state index is 11.7. The fourth-order valence-electron chi connectivity index (χ4n) is 2.04. The van der Waals surface area contributed by atoms with E-state index >= 15 is 0 Å². The van der Waals surface area contributed by atoms with Crippen LogP contribution in [0.3, 0.4) is 0 Å². The van der Waals surface area contributed by atoms with Crippen LogP contribution in [0.2, 0.25) is 0 Å². The van der Waals surface area contributed by atoms with E-state index in [1.165, 1.54) is 0 Å². The lowest BCUT2D eigenvalue weighted by Gasteiger charge is -2.34. The molecule has 0 heterocycles. The first-order valence-corrected chi connectivity index (χ1v) is 7.71. The van der Waals surface area contributed by atoms with Gasteiger partial charge >= 0.3 is 0 Å². The predicted octanol–water partition coefficient (Wildman–Crippen LogP) is 4.13. The Kier molecular flexibility index (Phi) is 5.53. The molecule has 0 aromatic heterocycles. The highest BCUT2D eigenvalue weighted by Crippen LogP contribution is 2.27. The van der Waals surface area contributed by atoms with Gasteiger partial charge in [-0.1, -0.05) is 58.4 Å². The highest BCUT2D eigenvalue weighted by molar-refractivity contribution is 9.10. The molecule has 0 saturated carbocycles. The third-order valence-electron chi connectivity index (χ3n) is 3.19. The van der Waals surface area contributed by atoms with Gasteiger partial charge in [0.05, 0.1) is 20.7 Å². The van der Waals surface area contributed by atoms with E-state index in [0.717, 1.165) is 15.6 Å². The lowest BCUT2D eigenvalue weighted by atomic mass is 10.0. The van der Waals surface area contributed by atoms with Gasteiger partial charge < -0.3 is 14.6 Å². The minimum atomic E-state index is -0.345. The lowest BCUT2D eigenvalue weighted by molar-refractivity contribution is -0.840. The number of likely N-dealkylation sites (N-methyl/N-ethyl adjacent to an activating group) is 1. The normalized spacial score (nSPS) is 13.1. The van der Waals surface area contributed by atoms with E-state index in [9.17, 15) is 5.21 Å². The highest BCUT2D eigenvalue weighted by Gasteiger charge is 2.15. The van der Waals surface area contributed by atoms with E-state index in [2.05, 4.69) is 15.9 Å². The minimum Gasteiger partial charge on any atom is -0.633 e. The van der Waals surface area contributed by atoms with Crippen molar-refractivity contribution in [2.24, 2.45) is 0 Å². The molecule has 0 radical (unpaired) electrons. The number of benzene rings is 2. The molecule has 0 unspecified atom stereocenters. The maximum Gasteiger partial charge on any atom is 0.108 e. The first-order chi connectivity index (χ1) is 9.96. The average molecular weight is 350 g/mol. The Labute approximate surface area is 134 Å². The second kappa shape index (κ2) is 7.18. The van der Waals surface area contributed by atoms with Crippen LogP contribution in [0.15, 0.2) is 59.1 Å². The van der Waals surface area contributed by atoms with Crippen LogP contribution in [0.5, 0.6) is 0 Å². The molecule has 0 aliphatic carbocycles. The van der Waals surface area contributed by atoms with E-state index in [0.29, 0.717) is 13.2 Å². The van der Waals surface area contributed by atoms with Crippen LogP contribution < -0.4 is 0 Å². The molecule has 0 amide bonds. The van der Waals surface area contributed by atoms with Crippen LogP contribution in [-0.2, 0) is 4.74 Å². The van der Waals surface area contributed by atoms with Crippen LogP contribution in [-0.4, -0.2) is 31.9 Å². The quantitative estimate of drug-likeness (QED) is 0.580. The summed E-state index contributed by atoms with van der Waals surface area (Å²) in [6.07, 6.45) is -0.147. The Morgan fingerprint density at radius 3 is 2.14 bits per heavy atom. The summed E-state index contributed by atoms with van der Waals surface area (Å²) < 4.78 is 6.69. The van der Waals surface area contributed by atoms with Gasteiger partial charge in [0.1, 0.15) is 12.6 Å². The summed E-state index contributed by atoms with van der Waals surface area (Å²) in [5, 5.41) is 11.7. The van der Waals surface area contributed by atoms with Crippen molar-refractivity contribution in [3.63, 3.8) is 0 Å². The molecule has 2 rings (SSSR count). The molecular weight excluding hydrogens is 330 g/mol. The second-order valence-electron chi connectivity index (χ2n) is 5.51. The van der Waals surface area contributed by atoms with Crippen molar-refractivity contribution in [1.82, 2.24) is 0 Å². The van der Waals surface area contributed by atoms with Crippen molar-refractivity contribution in [2.45, 2.75) is 6.10 Å². The number of quaternary nitrogens is 1. The summed E-state index contributed by atoms with van der Waals surface area (Å²) in [5.74, 6) is 0. The molecule has 21 heavy (non-hydrogen) atoms. The molecular formula is C17H20BrNO2. The largest absolute Gasteiger partial charge is 0.633 e. The zero-order valence-corrected chi connectivity index (χ0v) is 13.9. The Hall–Kier alpha value is -1.20. The van der Waals surface area contributed by atoms with E-state index in [1.54, 1.807) is 14.1 Å². The van der Waals surface area contributed by atoms with Gasteiger partial charge in [0, 0.05) is 4.47 Å². The molecule has 1 atom stereocenters. The monoisotopic (exact) mass is 349 g/mol. The zero-order valence-electron chi connectivity index (χ0n) is 12.3. The van der Waals surface area contributed by atoms with Gasteiger partial charge in [-0.15, -0.1) is 0 Å². The summed E-state index contributed by atoms with van der Waals surface area (Å²) in [4.78, 5) is 0. The first kappa shape index (κ1) is 16.2. The molecule has 0 N–H and O–H groups in total. The number of ether oxygens (including phenoxy) is 1. The highest BCUT2D eigenvalue weighted by atomic mass is 79.9. The van der Waals surface area contributed by atoms with Crippen molar-refractivity contribution in [2.75, 3.05) is 27.2 Å². The van der Waals surface area contributed by atoms with Crippen molar-refractivity contribution < 1.29 is 9.38 Å². The summed E-state index contributed by atoms with van der Waals surface area (Å²) in [7, 11) is 3.25. The van der Waals surface area contributed by atoms with Gasteiger partial charge in [0.25, 0.3) is 0 Å². The van der Waals surface area contributed by atoms with Crippen LogP contribution in [0.4, 0.5) is 0 Å². The number of hydroxylamine groups is 3. The van der Waals surface area contributed by atoms with Crippen LogP contribution in [0.25, 0.3) is 0 Å². The van der Waals surface area contributed by atoms with Crippen molar-refractivity contribution in [3.05, 3.63) is 75.4 Å². The number of hydrogen-bond donors (Lipinski definition) is 0. The van der Waals surface area contributed by atoms with Crippen LogP contribution in [0.1, 0.15) is 17.2 Å². The Balaban J connectivity index is 2.17. The minimum absolute atomic E-state index is 0.147. The van der Waals surface area contributed by atoms with Crippen LogP contribution in [0, 0.1) is 5.21 Å². The zero-order chi connectivity index (χ0) is 15.3. The van der Waals surface area contributed by atoms with E-state index in [1.807, 2.05) is 54.6 Å². The Bertz CT molecular complexity index is 549. The van der Waals surface area contributed by atoms with Gasteiger partial charge in [-0.3, -0.25) is 0 Å². The van der Waals surface area contributed by atoms with Crippen molar-refractivity contribution in [3.8, 4) is 0 Å². The van der Waals surface area contributed by atoms with E-state index in [-0.39, 0.29) is 10.8 Å². The number of hydrogen-bond acceptors (Lipinski definition) is 2. The molecule has 2 aromatic rings. The standard InChI is InChI=1S/C17H20BrNO2/c1-19(2,20)12-13-21-17(14-6-4-3-5-7-14)15-8-10-16(18)11-9-15/h3-11,17H,12-13H2,1-2H3/t17-/m1/s1. The third kappa shape index (κ3) is 5.25. The van der Waals surface area contributed by atoms with Crippen molar-refractivity contribution >= 4 is 15.9 Å². The number of rotatable bonds is 6. The summed E-state index contributed by atoms with van der Waals surface area (Å²) in [6, 6.07) is 18.2. The van der Waals surface area contributed by atoms with Gasteiger partial charge in [0.2, 0.25) is 0 Å². The molecule has 0 bridgehead atoms. The Morgan fingerprint density at radius 1 is 1.00 bits per heavy atom. The first-order valence-electron chi connectivity index (χ1n) is 6.92. The molecule has 4 heteroatoms. The molecule has 2 aromatic carbocycles. The molecule has 0 aliphatic rings. The van der Waals surface area contributed by atoms with Gasteiger partial charge in [-0.2, -0.15) is 0 Å². The fourth-order valence-corrected chi connectivity index (χ4v) is 2.31. The number of nitrogens with zero attached hydrogens (tertiary/aromatic N) is 1. The third-order valence-corrected chi connectivity index (χ3v) is 3.72. The van der Waals surface area contributed by atoms with Gasteiger partial charge in [0.15, 0.2) is 0 Å². The molecule has 112 valence electrons. The molecule has 0 aliphatic heterocycles. The van der Waals surface area contributed by atoms with E-state index < -0.39 is 0 Å². The van der Waals surface area contributed by atoms with E-state index in [4.69, 9.17) is 4.74 Å². The molecule has 0 spiro atoms. The summed E-state index contributed by atoms with van der Waals surface area (Å²) in [6.45, 7) is 0.853. The summed E-state index contributed by atoms with van der Waals surface area (Å²) >= 11 is 3.44. The SMILES string of the molecule is C[N+](C)([O-])CCO[C@H](c1ccccc1)c1ccc(Br)cc1. The topological polar surface area (TPSA) is 32.3 Å². The summed E-state index contributed by atoms with van der Waals surface area (Å²) in [5.41, 5.74) is 2.18.